The molecule has 6 heteroatoms. The maximum atomic E-state index is 12.2. The van der Waals surface area contributed by atoms with Gasteiger partial charge in [-0.05, 0) is 61.0 Å². The highest BCUT2D eigenvalue weighted by molar-refractivity contribution is 7.99. The van der Waals surface area contributed by atoms with E-state index in [9.17, 15) is 20.0 Å². The van der Waals surface area contributed by atoms with Crippen LogP contribution < -0.4 is 0 Å². The van der Waals surface area contributed by atoms with E-state index in [0.29, 0.717) is 16.0 Å². The summed E-state index contributed by atoms with van der Waals surface area (Å²) in [6.07, 6.45) is 2.90. The van der Waals surface area contributed by atoms with Crippen LogP contribution in [0.5, 0.6) is 5.75 Å². The highest BCUT2D eigenvalue weighted by Crippen LogP contribution is 2.35. The molecule has 0 bridgehead atoms. The van der Waals surface area contributed by atoms with Crippen LogP contribution in [0.2, 0.25) is 0 Å². The van der Waals surface area contributed by atoms with Crippen molar-refractivity contribution in [3.8, 4) is 5.75 Å². The normalized spacial score (nSPS) is 10.9. The van der Waals surface area contributed by atoms with Crippen molar-refractivity contribution in [2.45, 2.75) is 16.7 Å². The first kappa shape index (κ1) is 19.4. The maximum Gasteiger partial charge on any atom is 0.283 e. The summed E-state index contributed by atoms with van der Waals surface area (Å²) in [5, 5.41) is 20.8. The largest absolute Gasteiger partial charge is 0.508 e. The molecular weight excluding hydrogens is 374 g/mol. The third kappa shape index (κ3) is 4.86. The molecule has 0 fully saturated rings. The first-order valence-corrected chi connectivity index (χ1v) is 9.28. The topological polar surface area (TPSA) is 80.4 Å². The molecule has 0 atom stereocenters. The van der Waals surface area contributed by atoms with Crippen LogP contribution in [0.25, 0.3) is 6.08 Å². The zero-order chi connectivity index (χ0) is 20.1. The van der Waals surface area contributed by atoms with Crippen molar-refractivity contribution < 1.29 is 14.8 Å². The van der Waals surface area contributed by atoms with Gasteiger partial charge in [0.25, 0.3) is 5.69 Å². The Kier molecular flexibility index (Phi) is 5.91. The number of hydrogen-bond donors (Lipinski definition) is 1. The number of phenols is 1. The van der Waals surface area contributed by atoms with Crippen LogP contribution in [0.1, 0.15) is 21.5 Å². The molecule has 0 unspecified atom stereocenters. The number of rotatable bonds is 6. The van der Waals surface area contributed by atoms with Crippen molar-refractivity contribution >= 4 is 29.3 Å². The van der Waals surface area contributed by atoms with Gasteiger partial charge in [-0.25, -0.2) is 0 Å². The van der Waals surface area contributed by atoms with Crippen molar-refractivity contribution in [2.75, 3.05) is 0 Å². The Balaban J connectivity index is 1.81. The minimum Gasteiger partial charge on any atom is -0.508 e. The molecule has 0 aliphatic heterocycles. The van der Waals surface area contributed by atoms with Crippen molar-refractivity contribution in [1.82, 2.24) is 0 Å². The lowest BCUT2D eigenvalue weighted by Gasteiger charge is -2.05. The number of aryl methyl sites for hydroxylation is 1. The van der Waals surface area contributed by atoms with Gasteiger partial charge in [-0.15, -0.1) is 0 Å². The number of benzene rings is 3. The SMILES string of the molecule is Cc1ccc(Sc2ccc(/C=C/C(=O)c3ccc(O)cc3)cc2[N+](=O)[O-])cc1. The number of nitro groups is 1. The lowest BCUT2D eigenvalue weighted by molar-refractivity contribution is -0.387. The van der Waals surface area contributed by atoms with Crippen molar-refractivity contribution in [1.29, 1.82) is 0 Å². The zero-order valence-corrected chi connectivity index (χ0v) is 15.8. The Morgan fingerprint density at radius 3 is 2.36 bits per heavy atom. The fourth-order valence-corrected chi connectivity index (χ4v) is 3.39. The summed E-state index contributed by atoms with van der Waals surface area (Å²) >= 11 is 1.33. The molecule has 0 saturated carbocycles. The predicted octanol–water partition coefficient (Wildman–Crippen LogP) is 5.66. The number of nitro benzene ring substituents is 1. The third-order valence-corrected chi connectivity index (χ3v) is 5.08. The second kappa shape index (κ2) is 8.54. The first-order valence-electron chi connectivity index (χ1n) is 8.47. The van der Waals surface area contributed by atoms with E-state index in [2.05, 4.69) is 0 Å². The highest BCUT2D eigenvalue weighted by Gasteiger charge is 2.15. The molecule has 3 rings (SSSR count). The van der Waals surface area contributed by atoms with Gasteiger partial charge in [-0.1, -0.05) is 41.6 Å². The van der Waals surface area contributed by atoms with E-state index in [1.54, 1.807) is 18.2 Å². The molecule has 0 saturated heterocycles. The second-order valence-electron chi connectivity index (χ2n) is 6.14. The molecule has 0 amide bonds. The summed E-state index contributed by atoms with van der Waals surface area (Å²) in [7, 11) is 0. The molecule has 0 spiro atoms. The van der Waals surface area contributed by atoms with Crippen molar-refractivity contribution in [3.05, 3.63) is 99.6 Å². The second-order valence-corrected chi connectivity index (χ2v) is 7.26. The molecule has 0 aliphatic rings. The summed E-state index contributed by atoms with van der Waals surface area (Å²) < 4.78 is 0. The fraction of sp³-hybridized carbons (Fsp3) is 0.0455. The van der Waals surface area contributed by atoms with Gasteiger partial charge >= 0.3 is 0 Å². The van der Waals surface area contributed by atoms with Crippen LogP contribution in [0.4, 0.5) is 5.69 Å². The Hall–Kier alpha value is -3.38. The van der Waals surface area contributed by atoms with Crippen LogP contribution in [0, 0.1) is 17.0 Å². The highest BCUT2D eigenvalue weighted by atomic mass is 32.2. The van der Waals surface area contributed by atoms with Gasteiger partial charge in [0.05, 0.1) is 9.82 Å². The molecule has 5 nitrogen and oxygen atoms in total. The lowest BCUT2D eigenvalue weighted by Crippen LogP contribution is -1.94. The number of carbonyl (C=O) groups is 1. The number of hydrogen-bond acceptors (Lipinski definition) is 5. The van der Waals surface area contributed by atoms with Gasteiger partial charge in [0, 0.05) is 16.5 Å². The number of carbonyl (C=O) groups excluding carboxylic acids is 1. The van der Waals surface area contributed by atoms with Crippen molar-refractivity contribution in [2.24, 2.45) is 0 Å². The summed E-state index contributed by atoms with van der Waals surface area (Å²) in [5.41, 5.74) is 2.10. The summed E-state index contributed by atoms with van der Waals surface area (Å²) in [4.78, 5) is 24.7. The summed E-state index contributed by atoms with van der Waals surface area (Å²) in [5.74, 6) is -0.168. The lowest BCUT2D eigenvalue weighted by atomic mass is 10.1. The Morgan fingerprint density at radius 1 is 1.04 bits per heavy atom. The number of nitrogens with zero attached hydrogens (tertiary/aromatic N) is 1. The summed E-state index contributed by atoms with van der Waals surface area (Å²) in [6, 6.07) is 18.6. The Morgan fingerprint density at radius 2 is 1.71 bits per heavy atom. The van der Waals surface area contributed by atoms with Crippen LogP contribution >= 0.6 is 11.8 Å². The van der Waals surface area contributed by atoms with E-state index in [1.165, 1.54) is 48.2 Å². The predicted molar refractivity (Wildman–Crippen MR) is 110 cm³/mol. The van der Waals surface area contributed by atoms with Crippen molar-refractivity contribution in [3.63, 3.8) is 0 Å². The van der Waals surface area contributed by atoms with Gasteiger partial charge in [0.1, 0.15) is 5.75 Å². The van der Waals surface area contributed by atoms with Gasteiger partial charge < -0.3 is 5.11 Å². The quantitative estimate of drug-likeness (QED) is 0.254. The molecule has 1 N–H and O–H groups in total. The molecule has 0 aromatic heterocycles. The first-order chi connectivity index (χ1) is 13.4. The molecule has 140 valence electrons. The monoisotopic (exact) mass is 391 g/mol. The molecule has 3 aromatic carbocycles. The Bertz CT molecular complexity index is 1040. The van der Waals surface area contributed by atoms with Gasteiger partial charge in [-0.2, -0.15) is 0 Å². The van der Waals surface area contributed by atoms with Crippen LogP contribution in [-0.4, -0.2) is 15.8 Å². The van der Waals surface area contributed by atoms with E-state index >= 15 is 0 Å². The number of phenolic OH excluding ortho intramolecular Hbond substituents is 1. The van der Waals surface area contributed by atoms with Crippen LogP contribution in [0.15, 0.2) is 82.6 Å². The molecule has 0 heterocycles. The molecular formula is C22H17NO4S. The molecule has 0 aliphatic carbocycles. The average molecular weight is 391 g/mol. The van der Waals surface area contributed by atoms with E-state index in [1.807, 2.05) is 31.2 Å². The van der Waals surface area contributed by atoms with Crippen LogP contribution in [0.3, 0.4) is 0 Å². The van der Waals surface area contributed by atoms with E-state index in [0.717, 1.165) is 10.5 Å². The minimum absolute atomic E-state index is 0.00944. The fourth-order valence-electron chi connectivity index (χ4n) is 2.49. The molecule has 0 radical (unpaired) electrons. The zero-order valence-electron chi connectivity index (χ0n) is 15.0. The van der Waals surface area contributed by atoms with Crippen LogP contribution in [-0.2, 0) is 0 Å². The van der Waals surface area contributed by atoms with E-state index in [-0.39, 0.29) is 17.2 Å². The van der Waals surface area contributed by atoms with Gasteiger partial charge in [-0.3, -0.25) is 14.9 Å². The standard InChI is InChI=1S/C22H17NO4S/c1-15-2-10-19(11-3-15)28-22-13-5-16(14-20(22)23(26)27)4-12-21(25)17-6-8-18(24)9-7-17/h2-14,24H,1H3/b12-4+. The maximum absolute atomic E-state index is 12.2. The third-order valence-electron chi connectivity index (χ3n) is 4.01. The van der Waals surface area contributed by atoms with Gasteiger partial charge in [0.15, 0.2) is 5.78 Å². The Labute approximate surface area is 166 Å². The molecule has 3 aromatic rings. The van der Waals surface area contributed by atoms with Gasteiger partial charge in [0.2, 0.25) is 0 Å². The van der Waals surface area contributed by atoms with E-state index in [4.69, 9.17) is 0 Å². The minimum atomic E-state index is -0.421. The molecule has 28 heavy (non-hydrogen) atoms. The average Bonchev–Trinajstić information content (AvgIpc) is 2.69. The summed E-state index contributed by atoms with van der Waals surface area (Å²) in [6.45, 7) is 1.98. The number of ketones is 1. The smallest absolute Gasteiger partial charge is 0.283 e. The number of allylic oxidation sites excluding steroid dienone is 1. The number of aromatic hydroxyl groups is 1. The van der Waals surface area contributed by atoms with E-state index < -0.39 is 4.92 Å².